The first-order valence-corrected chi connectivity index (χ1v) is 10.9. The molecule has 0 bridgehead atoms. The molecule has 0 aromatic heterocycles. The zero-order chi connectivity index (χ0) is 17.1. The van der Waals surface area contributed by atoms with Crippen LogP contribution in [0.25, 0.3) is 0 Å². The van der Waals surface area contributed by atoms with Crippen molar-refractivity contribution in [1.82, 2.24) is 0 Å². The van der Waals surface area contributed by atoms with Gasteiger partial charge in [0.05, 0.1) is 5.75 Å². The molecule has 0 atom stereocenters. The summed E-state index contributed by atoms with van der Waals surface area (Å²) in [5.74, 6) is -0.901. The number of rotatable bonds is 13. The van der Waals surface area contributed by atoms with Crippen LogP contribution in [0.2, 0.25) is 6.04 Å². The highest BCUT2D eigenvalue weighted by Gasteiger charge is 2.36. The molecule has 0 amide bonds. The fraction of sp³-hybridized carbons (Fsp3) is 0.923. The molecule has 0 fully saturated rings. The molecule has 0 N–H and O–H groups in total. The Morgan fingerprint density at radius 3 is 1.77 bits per heavy atom. The van der Waals surface area contributed by atoms with E-state index in [4.69, 9.17) is 13.3 Å². The van der Waals surface area contributed by atoms with Gasteiger partial charge >= 0.3 is 24.9 Å². The monoisotopic (exact) mass is 356 g/mol. The molecule has 7 nitrogen and oxygen atoms in total. The Kier molecular flexibility index (Phi) is 10.9. The minimum absolute atomic E-state index is 0.111. The van der Waals surface area contributed by atoms with Crippen LogP contribution < -0.4 is 0 Å². The Hall–Kier alpha value is -0.483. The Bertz CT molecular complexity index is 398. The van der Waals surface area contributed by atoms with Gasteiger partial charge in [-0.25, -0.2) is 0 Å². The molecule has 0 saturated heterocycles. The lowest BCUT2D eigenvalue weighted by molar-refractivity contribution is -0.131. The highest BCUT2D eigenvalue weighted by Crippen LogP contribution is 2.18. The standard InChI is InChI=1S/C13H28O7SSi/c1-13(14)20-21(15,16)11-9-7-5-6-8-10-12-22(17-2,18-3)19-4/h5-12H2,1-4H3. The first kappa shape index (κ1) is 21.5. The van der Waals surface area contributed by atoms with Crippen LogP contribution in [0, 0.1) is 0 Å². The molecule has 0 aromatic rings. The summed E-state index contributed by atoms with van der Waals surface area (Å²) in [5, 5.41) is 0. The van der Waals surface area contributed by atoms with Crippen LogP contribution >= 0.6 is 0 Å². The third kappa shape index (κ3) is 9.52. The van der Waals surface area contributed by atoms with E-state index >= 15 is 0 Å². The summed E-state index contributed by atoms with van der Waals surface area (Å²) in [5.41, 5.74) is 0. The smallest absolute Gasteiger partial charge is 0.377 e. The topological polar surface area (TPSA) is 88.1 Å². The fourth-order valence-electron chi connectivity index (χ4n) is 2.10. The number of carbonyl (C=O) groups excluding carboxylic acids is 1. The lowest BCUT2D eigenvalue weighted by Crippen LogP contribution is -2.42. The van der Waals surface area contributed by atoms with E-state index in [9.17, 15) is 13.2 Å². The molecular weight excluding hydrogens is 328 g/mol. The Balaban J connectivity index is 3.69. The number of hydrogen-bond acceptors (Lipinski definition) is 7. The quantitative estimate of drug-likeness (QED) is 0.284. The predicted octanol–water partition coefficient (Wildman–Crippen LogP) is 2.10. The van der Waals surface area contributed by atoms with E-state index < -0.39 is 24.9 Å². The van der Waals surface area contributed by atoms with E-state index in [1.54, 1.807) is 21.3 Å². The average molecular weight is 357 g/mol. The highest BCUT2D eigenvalue weighted by molar-refractivity contribution is 7.87. The van der Waals surface area contributed by atoms with Gasteiger partial charge in [-0.15, -0.1) is 0 Å². The normalized spacial score (nSPS) is 12.4. The van der Waals surface area contributed by atoms with Gasteiger partial charge in [-0.1, -0.05) is 25.7 Å². The lowest BCUT2D eigenvalue weighted by atomic mass is 10.1. The van der Waals surface area contributed by atoms with Crippen LogP contribution in [0.4, 0.5) is 0 Å². The first-order chi connectivity index (χ1) is 10.3. The molecule has 22 heavy (non-hydrogen) atoms. The van der Waals surface area contributed by atoms with Gasteiger partial charge in [0.15, 0.2) is 0 Å². The Morgan fingerprint density at radius 2 is 1.32 bits per heavy atom. The van der Waals surface area contributed by atoms with Crippen molar-refractivity contribution in [3.63, 3.8) is 0 Å². The third-order valence-corrected chi connectivity index (χ3v) is 7.41. The van der Waals surface area contributed by atoms with Gasteiger partial charge in [0, 0.05) is 34.3 Å². The summed E-state index contributed by atoms with van der Waals surface area (Å²) < 4.78 is 42.9. The number of unbranched alkanes of at least 4 members (excludes halogenated alkanes) is 5. The van der Waals surface area contributed by atoms with Crippen molar-refractivity contribution in [2.24, 2.45) is 0 Å². The number of hydrogen-bond donors (Lipinski definition) is 0. The number of carbonyl (C=O) groups is 1. The van der Waals surface area contributed by atoms with Gasteiger partial charge in [-0.3, -0.25) is 4.79 Å². The molecule has 0 aliphatic carbocycles. The summed E-state index contributed by atoms with van der Waals surface area (Å²) in [6.07, 6.45) is 5.21. The summed E-state index contributed by atoms with van der Waals surface area (Å²) in [6.45, 7) is 1.08. The summed E-state index contributed by atoms with van der Waals surface area (Å²) >= 11 is 0. The van der Waals surface area contributed by atoms with Gasteiger partial charge in [0.1, 0.15) is 0 Å². The molecule has 0 saturated carbocycles. The first-order valence-electron chi connectivity index (χ1n) is 7.39. The minimum atomic E-state index is -3.70. The molecule has 0 radical (unpaired) electrons. The van der Waals surface area contributed by atoms with Crippen molar-refractivity contribution in [2.75, 3.05) is 27.1 Å². The van der Waals surface area contributed by atoms with Gasteiger partial charge in [0.2, 0.25) is 0 Å². The SMILES string of the molecule is CO[Si](CCCCCCCCS(=O)(=O)OC(C)=O)(OC)OC. The van der Waals surface area contributed by atoms with Gasteiger partial charge in [-0.05, 0) is 12.8 Å². The fourth-order valence-corrected chi connectivity index (χ4v) is 4.90. The van der Waals surface area contributed by atoms with Crippen molar-refractivity contribution < 1.29 is 30.7 Å². The Labute approximate surface area is 134 Å². The van der Waals surface area contributed by atoms with Crippen molar-refractivity contribution in [1.29, 1.82) is 0 Å². The summed E-state index contributed by atoms with van der Waals surface area (Å²) in [6, 6.07) is 0.775. The maximum Gasteiger partial charge on any atom is 0.500 e. The van der Waals surface area contributed by atoms with Crippen LogP contribution in [0.3, 0.4) is 0 Å². The van der Waals surface area contributed by atoms with E-state index in [1.807, 2.05) is 0 Å². The third-order valence-electron chi connectivity index (χ3n) is 3.30. The second-order valence-electron chi connectivity index (χ2n) is 5.00. The van der Waals surface area contributed by atoms with E-state index in [-0.39, 0.29) is 5.75 Å². The maximum atomic E-state index is 11.3. The minimum Gasteiger partial charge on any atom is -0.377 e. The molecule has 0 heterocycles. The van der Waals surface area contributed by atoms with Crippen molar-refractivity contribution in [3.8, 4) is 0 Å². The molecule has 0 spiro atoms. The van der Waals surface area contributed by atoms with Crippen molar-refractivity contribution >= 4 is 24.9 Å². The summed E-state index contributed by atoms with van der Waals surface area (Å²) in [4.78, 5) is 10.6. The van der Waals surface area contributed by atoms with Crippen molar-refractivity contribution in [3.05, 3.63) is 0 Å². The molecule has 9 heteroatoms. The molecule has 0 rings (SSSR count). The van der Waals surface area contributed by atoms with Crippen LogP contribution in [0.5, 0.6) is 0 Å². The van der Waals surface area contributed by atoms with Gasteiger partial charge in [-0.2, -0.15) is 8.42 Å². The second kappa shape index (κ2) is 11.1. The zero-order valence-electron chi connectivity index (χ0n) is 13.9. The molecule has 0 unspecified atom stereocenters. The molecule has 0 aliphatic rings. The summed E-state index contributed by atoms with van der Waals surface area (Å²) in [7, 11) is -1.36. The molecule has 132 valence electrons. The molecular formula is C13H28O7SSi. The Morgan fingerprint density at radius 1 is 0.864 bits per heavy atom. The van der Waals surface area contributed by atoms with Crippen LogP contribution in [0.15, 0.2) is 0 Å². The molecule has 0 aliphatic heterocycles. The van der Waals surface area contributed by atoms with Gasteiger partial charge < -0.3 is 17.5 Å². The van der Waals surface area contributed by atoms with E-state index in [0.717, 1.165) is 45.1 Å². The average Bonchev–Trinajstić information content (AvgIpc) is 2.45. The molecule has 0 aromatic carbocycles. The predicted molar refractivity (Wildman–Crippen MR) is 84.8 cm³/mol. The van der Waals surface area contributed by atoms with E-state index in [0.29, 0.717) is 6.42 Å². The zero-order valence-corrected chi connectivity index (χ0v) is 15.7. The second-order valence-corrected chi connectivity index (χ2v) is 9.78. The van der Waals surface area contributed by atoms with Crippen LogP contribution in [-0.4, -0.2) is 50.3 Å². The maximum absolute atomic E-state index is 11.3. The highest BCUT2D eigenvalue weighted by atomic mass is 32.2. The van der Waals surface area contributed by atoms with Crippen molar-refractivity contribution in [2.45, 2.75) is 51.5 Å². The van der Waals surface area contributed by atoms with Crippen LogP contribution in [-0.2, 0) is 32.4 Å². The van der Waals surface area contributed by atoms with E-state index in [1.165, 1.54) is 0 Å². The largest absolute Gasteiger partial charge is 0.500 e. The van der Waals surface area contributed by atoms with Gasteiger partial charge in [0.25, 0.3) is 0 Å². The van der Waals surface area contributed by atoms with E-state index in [2.05, 4.69) is 4.18 Å². The lowest BCUT2D eigenvalue weighted by Gasteiger charge is -2.24. The van der Waals surface area contributed by atoms with Crippen LogP contribution in [0.1, 0.15) is 45.4 Å².